The van der Waals surface area contributed by atoms with Gasteiger partial charge in [-0.05, 0) is 38.0 Å². The van der Waals surface area contributed by atoms with Crippen molar-refractivity contribution in [3.8, 4) is 0 Å². The quantitative estimate of drug-likeness (QED) is 0.685. The summed E-state index contributed by atoms with van der Waals surface area (Å²) in [7, 11) is 0. The van der Waals surface area contributed by atoms with Gasteiger partial charge in [0.15, 0.2) is 0 Å². The predicted octanol–water partition coefficient (Wildman–Crippen LogP) is 3.24. The van der Waals surface area contributed by atoms with Gasteiger partial charge in [0.1, 0.15) is 0 Å². The molecule has 1 atom stereocenters. The molecule has 1 aliphatic heterocycles. The van der Waals surface area contributed by atoms with E-state index < -0.39 is 22.7 Å². The third kappa shape index (κ3) is 4.47. The molecule has 1 amide bonds. The van der Waals surface area contributed by atoms with Gasteiger partial charge in [-0.1, -0.05) is 0 Å². The lowest BCUT2D eigenvalue weighted by Crippen LogP contribution is -2.40. The Morgan fingerprint density at radius 2 is 2.13 bits per heavy atom. The Bertz CT molecular complexity index is 1150. The molecule has 0 aliphatic carbocycles. The van der Waals surface area contributed by atoms with Gasteiger partial charge in [0.2, 0.25) is 5.91 Å². The smallest absolute Gasteiger partial charge is 0.342 e. The second-order valence-electron chi connectivity index (χ2n) is 7.82. The van der Waals surface area contributed by atoms with Crippen LogP contribution in [0.2, 0.25) is 0 Å². The van der Waals surface area contributed by atoms with E-state index in [0.29, 0.717) is 31.7 Å². The van der Waals surface area contributed by atoms with Crippen LogP contribution in [-0.2, 0) is 17.5 Å². The second kappa shape index (κ2) is 8.16. The van der Waals surface area contributed by atoms with Crippen LogP contribution < -0.4 is 5.56 Å². The fourth-order valence-electron chi connectivity index (χ4n) is 4.12. The average molecular weight is 433 g/mol. The summed E-state index contributed by atoms with van der Waals surface area (Å²) >= 11 is 0. The Kier molecular flexibility index (Phi) is 5.55. The lowest BCUT2D eigenvalue weighted by Gasteiger charge is -2.33. The molecule has 4 rings (SSSR count). The van der Waals surface area contributed by atoms with Crippen molar-refractivity contribution in [2.45, 2.75) is 44.8 Å². The molecule has 1 unspecified atom stereocenters. The molecular formula is C21H22F3N5O2. The van der Waals surface area contributed by atoms with Crippen LogP contribution in [0.25, 0.3) is 10.9 Å². The highest BCUT2D eigenvalue weighted by Gasteiger charge is 2.35. The maximum absolute atomic E-state index is 13.4. The lowest BCUT2D eigenvalue weighted by atomic mass is 9.93. The number of pyridine rings is 2. The first-order valence-electron chi connectivity index (χ1n) is 10.1. The van der Waals surface area contributed by atoms with Crippen LogP contribution in [0.4, 0.5) is 13.2 Å². The molecule has 0 spiro atoms. The van der Waals surface area contributed by atoms with E-state index >= 15 is 0 Å². The number of likely N-dealkylation sites (tertiary alicyclic amines) is 1. The number of piperidine rings is 1. The molecule has 1 fully saturated rings. The number of H-pyrrole nitrogens is 1. The van der Waals surface area contributed by atoms with Gasteiger partial charge < -0.3 is 9.88 Å². The van der Waals surface area contributed by atoms with E-state index in [1.54, 1.807) is 28.0 Å². The van der Waals surface area contributed by atoms with Crippen molar-refractivity contribution >= 4 is 16.8 Å². The van der Waals surface area contributed by atoms with Gasteiger partial charge in [-0.3, -0.25) is 19.3 Å². The number of fused-ring (bicyclic) bond motifs is 1. The van der Waals surface area contributed by atoms with Gasteiger partial charge in [-0.25, -0.2) is 0 Å². The SMILES string of the molecule is Cc1cc(C(F)(F)F)c2c(=O)[nH]c(C3CCCN(C(=O)CCn4cccn4)C3)cc2n1. The first-order chi connectivity index (χ1) is 14.7. The number of aryl methyl sites for hydroxylation is 2. The molecule has 3 aromatic rings. The molecule has 3 aromatic heterocycles. The van der Waals surface area contributed by atoms with E-state index in [4.69, 9.17) is 0 Å². The number of hydrogen-bond donors (Lipinski definition) is 1. The molecule has 31 heavy (non-hydrogen) atoms. The Balaban J connectivity index is 1.58. The molecule has 0 aromatic carbocycles. The highest BCUT2D eigenvalue weighted by Crippen LogP contribution is 2.34. The molecule has 1 N–H and O–H groups in total. The van der Waals surface area contributed by atoms with Crippen LogP contribution in [0, 0.1) is 6.92 Å². The van der Waals surface area contributed by atoms with E-state index in [-0.39, 0.29) is 23.0 Å². The van der Waals surface area contributed by atoms with Crippen molar-refractivity contribution in [1.29, 1.82) is 0 Å². The number of aromatic nitrogens is 4. The number of alkyl halides is 3. The van der Waals surface area contributed by atoms with Crippen molar-refractivity contribution in [2.75, 3.05) is 13.1 Å². The summed E-state index contributed by atoms with van der Waals surface area (Å²) in [5.74, 6) is -0.187. The van der Waals surface area contributed by atoms with Gasteiger partial charge in [0, 0.05) is 55.8 Å². The minimum Gasteiger partial charge on any atom is -0.342 e. The molecule has 1 aliphatic rings. The lowest BCUT2D eigenvalue weighted by molar-refractivity contribution is -0.136. The molecule has 4 heterocycles. The van der Waals surface area contributed by atoms with E-state index in [9.17, 15) is 22.8 Å². The molecule has 0 bridgehead atoms. The summed E-state index contributed by atoms with van der Waals surface area (Å²) in [5, 5.41) is 3.63. The minimum absolute atomic E-state index is 0.0170. The number of carbonyl (C=O) groups is 1. The molecule has 1 saturated heterocycles. The van der Waals surface area contributed by atoms with Crippen LogP contribution in [0.15, 0.2) is 35.4 Å². The monoisotopic (exact) mass is 433 g/mol. The van der Waals surface area contributed by atoms with E-state index in [1.165, 1.54) is 13.0 Å². The zero-order valence-electron chi connectivity index (χ0n) is 16.9. The summed E-state index contributed by atoms with van der Waals surface area (Å²) in [6.45, 7) is 2.96. The fourth-order valence-corrected chi connectivity index (χ4v) is 4.12. The zero-order chi connectivity index (χ0) is 22.2. The zero-order valence-corrected chi connectivity index (χ0v) is 16.9. The predicted molar refractivity (Wildman–Crippen MR) is 108 cm³/mol. The van der Waals surface area contributed by atoms with Crippen molar-refractivity contribution in [3.63, 3.8) is 0 Å². The third-order valence-corrected chi connectivity index (χ3v) is 5.59. The number of nitrogens with zero attached hydrogens (tertiary/aromatic N) is 4. The van der Waals surface area contributed by atoms with Crippen molar-refractivity contribution in [3.05, 3.63) is 57.9 Å². The standard InChI is InChI=1S/C21H22F3N5O2/c1-13-10-15(21(22,23)24)19-17(26-13)11-16(27-20(19)31)14-4-2-7-28(12-14)18(30)5-9-29-8-3-6-25-29/h3,6,8,10-11,14H,2,4-5,7,9,12H2,1H3,(H,27,31). The second-order valence-corrected chi connectivity index (χ2v) is 7.82. The van der Waals surface area contributed by atoms with Gasteiger partial charge in [-0.2, -0.15) is 18.3 Å². The average Bonchev–Trinajstić information content (AvgIpc) is 3.24. The Morgan fingerprint density at radius 3 is 2.84 bits per heavy atom. The first kappa shape index (κ1) is 21.1. The summed E-state index contributed by atoms with van der Waals surface area (Å²) in [5.41, 5.74) is -1.08. The third-order valence-electron chi connectivity index (χ3n) is 5.59. The first-order valence-corrected chi connectivity index (χ1v) is 10.1. The van der Waals surface area contributed by atoms with Crippen molar-refractivity contribution in [2.24, 2.45) is 0 Å². The summed E-state index contributed by atoms with van der Waals surface area (Å²) in [6.07, 6.45) is 0.560. The van der Waals surface area contributed by atoms with Crippen LogP contribution in [0.5, 0.6) is 0 Å². The number of carbonyl (C=O) groups excluding carboxylic acids is 1. The number of halogens is 3. The van der Waals surface area contributed by atoms with Crippen molar-refractivity contribution < 1.29 is 18.0 Å². The molecular weight excluding hydrogens is 411 g/mol. The molecule has 0 radical (unpaired) electrons. The van der Waals surface area contributed by atoms with Gasteiger partial charge in [0.25, 0.3) is 5.56 Å². The van der Waals surface area contributed by atoms with E-state index in [0.717, 1.165) is 18.9 Å². The largest absolute Gasteiger partial charge is 0.417 e. The number of amides is 1. The molecule has 164 valence electrons. The summed E-state index contributed by atoms with van der Waals surface area (Å²) in [6, 6.07) is 4.19. The molecule has 7 nitrogen and oxygen atoms in total. The normalized spacial score (nSPS) is 17.3. The Morgan fingerprint density at radius 1 is 1.32 bits per heavy atom. The minimum atomic E-state index is -4.65. The van der Waals surface area contributed by atoms with E-state index in [1.807, 2.05) is 0 Å². The van der Waals surface area contributed by atoms with Crippen LogP contribution in [-0.4, -0.2) is 43.6 Å². The maximum atomic E-state index is 13.4. The summed E-state index contributed by atoms with van der Waals surface area (Å²) in [4.78, 5) is 33.7. The highest BCUT2D eigenvalue weighted by molar-refractivity contribution is 5.82. The number of nitrogens with one attached hydrogen (secondary N) is 1. The van der Waals surface area contributed by atoms with Crippen LogP contribution in [0.1, 0.15) is 42.1 Å². The van der Waals surface area contributed by atoms with Crippen LogP contribution >= 0.6 is 0 Å². The Hall–Kier alpha value is -3.17. The Labute approximate surface area is 175 Å². The topological polar surface area (TPSA) is 83.9 Å². The number of rotatable bonds is 4. The van der Waals surface area contributed by atoms with Gasteiger partial charge >= 0.3 is 6.18 Å². The maximum Gasteiger partial charge on any atom is 0.417 e. The number of hydrogen-bond acceptors (Lipinski definition) is 4. The van der Waals surface area contributed by atoms with Gasteiger partial charge in [0.05, 0.1) is 16.5 Å². The fraction of sp³-hybridized carbons (Fsp3) is 0.429. The van der Waals surface area contributed by atoms with Crippen LogP contribution in [0.3, 0.4) is 0 Å². The highest BCUT2D eigenvalue weighted by atomic mass is 19.4. The summed E-state index contributed by atoms with van der Waals surface area (Å²) < 4.78 is 41.9. The molecule has 10 heteroatoms. The molecule has 0 saturated carbocycles. The van der Waals surface area contributed by atoms with E-state index in [2.05, 4.69) is 15.1 Å². The number of aromatic amines is 1. The van der Waals surface area contributed by atoms with Gasteiger partial charge in [-0.15, -0.1) is 0 Å². The van der Waals surface area contributed by atoms with Crippen molar-refractivity contribution in [1.82, 2.24) is 24.6 Å².